The number of nitrogen functional groups attached to an aromatic ring is 1. The highest BCUT2D eigenvalue weighted by atomic mass is 35.5. The number of halogens is 2. The van der Waals surface area contributed by atoms with Crippen molar-refractivity contribution in [3.05, 3.63) is 44.8 Å². The Morgan fingerprint density at radius 1 is 1.45 bits per heavy atom. The molecule has 3 N–H and O–H groups in total. The van der Waals surface area contributed by atoms with E-state index in [1.165, 1.54) is 19.1 Å². The Balaban J connectivity index is 2.53. The standard InChI is InChI=1S/C11H9ClFN5O2/c1-5-9(18(19)20)10(17-11(14)15-5)16-8-4-6(12)2-3-7(8)13/h2-4H,1H3,(H3,14,15,16,17). The number of aromatic nitrogens is 2. The van der Waals surface area contributed by atoms with E-state index in [9.17, 15) is 14.5 Å². The molecule has 104 valence electrons. The molecule has 9 heteroatoms. The average Bonchev–Trinajstić information content (AvgIpc) is 2.32. The van der Waals surface area contributed by atoms with Crippen LogP contribution in [-0.4, -0.2) is 14.9 Å². The first-order valence-corrected chi connectivity index (χ1v) is 5.77. The van der Waals surface area contributed by atoms with Crippen LogP contribution in [0.5, 0.6) is 0 Å². The highest BCUT2D eigenvalue weighted by molar-refractivity contribution is 6.30. The summed E-state index contributed by atoms with van der Waals surface area (Å²) < 4.78 is 13.6. The van der Waals surface area contributed by atoms with Crippen molar-refractivity contribution in [1.29, 1.82) is 0 Å². The summed E-state index contributed by atoms with van der Waals surface area (Å²) in [6, 6.07) is 3.78. The number of benzene rings is 1. The maximum atomic E-state index is 13.6. The van der Waals surface area contributed by atoms with Crippen molar-refractivity contribution in [3.8, 4) is 0 Å². The molecule has 0 aliphatic heterocycles. The van der Waals surface area contributed by atoms with Gasteiger partial charge in [-0.2, -0.15) is 4.98 Å². The van der Waals surface area contributed by atoms with Gasteiger partial charge in [0.05, 0.1) is 10.6 Å². The van der Waals surface area contributed by atoms with E-state index in [1.807, 2.05) is 0 Å². The molecule has 0 fully saturated rings. The molecule has 0 saturated carbocycles. The van der Waals surface area contributed by atoms with Crippen LogP contribution in [0, 0.1) is 22.9 Å². The second-order valence-corrected chi connectivity index (χ2v) is 4.31. The van der Waals surface area contributed by atoms with Gasteiger partial charge in [-0.15, -0.1) is 0 Å². The highest BCUT2D eigenvalue weighted by Crippen LogP contribution is 2.30. The van der Waals surface area contributed by atoms with Crippen molar-refractivity contribution in [2.45, 2.75) is 6.92 Å². The highest BCUT2D eigenvalue weighted by Gasteiger charge is 2.22. The van der Waals surface area contributed by atoms with Gasteiger partial charge in [0.2, 0.25) is 11.8 Å². The van der Waals surface area contributed by atoms with Gasteiger partial charge >= 0.3 is 5.69 Å². The quantitative estimate of drug-likeness (QED) is 0.666. The van der Waals surface area contributed by atoms with Crippen molar-refractivity contribution in [2.75, 3.05) is 11.1 Å². The van der Waals surface area contributed by atoms with Crippen LogP contribution in [0.3, 0.4) is 0 Å². The van der Waals surface area contributed by atoms with Gasteiger partial charge in [-0.25, -0.2) is 9.37 Å². The summed E-state index contributed by atoms with van der Waals surface area (Å²) >= 11 is 5.75. The lowest BCUT2D eigenvalue weighted by Crippen LogP contribution is -2.07. The first-order chi connectivity index (χ1) is 9.38. The summed E-state index contributed by atoms with van der Waals surface area (Å²) in [5.41, 5.74) is 5.10. The minimum absolute atomic E-state index is 0.0434. The summed E-state index contributed by atoms with van der Waals surface area (Å²) in [5.74, 6) is -0.974. The summed E-state index contributed by atoms with van der Waals surface area (Å²) in [4.78, 5) is 17.8. The fraction of sp³-hybridized carbons (Fsp3) is 0.0909. The maximum Gasteiger partial charge on any atom is 0.332 e. The predicted octanol–water partition coefficient (Wildman–Crippen LogP) is 2.81. The Morgan fingerprint density at radius 2 is 2.15 bits per heavy atom. The van der Waals surface area contributed by atoms with Gasteiger partial charge in [0.1, 0.15) is 11.5 Å². The number of hydrogen-bond donors (Lipinski definition) is 2. The molecule has 2 rings (SSSR count). The number of rotatable bonds is 3. The van der Waals surface area contributed by atoms with E-state index in [0.717, 1.165) is 6.07 Å². The van der Waals surface area contributed by atoms with E-state index >= 15 is 0 Å². The van der Waals surface area contributed by atoms with Crippen LogP contribution in [-0.2, 0) is 0 Å². The average molecular weight is 298 g/mol. The van der Waals surface area contributed by atoms with Crippen LogP contribution in [0.25, 0.3) is 0 Å². The zero-order valence-corrected chi connectivity index (χ0v) is 11.0. The van der Waals surface area contributed by atoms with Gasteiger partial charge in [-0.05, 0) is 25.1 Å². The van der Waals surface area contributed by atoms with Gasteiger partial charge in [0, 0.05) is 5.02 Å². The zero-order valence-electron chi connectivity index (χ0n) is 10.2. The fourth-order valence-corrected chi connectivity index (χ4v) is 1.79. The fourth-order valence-electron chi connectivity index (χ4n) is 1.62. The van der Waals surface area contributed by atoms with Crippen LogP contribution < -0.4 is 11.1 Å². The lowest BCUT2D eigenvalue weighted by molar-refractivity contribution is -0.385. The number of anilines is 3. The van der Waals surface area contributed by atoms with E-state index < -0.39 is 10.7 Å². The minimum Gasteiger partial charge on any atom is -0.368 e. The summed E-state index contributed by atoms with van der Waals surface area (Å²) in [7, 11) is 0. The second kappa shape index (κ2) is 5.25. The molecule has 0 spiro atoms. The molecule has 0 unspecified atom stereocenters. The van der Waals surface area contributed by atoms with Gasteiger partial charge in [0.25, 0.3) is 0 Å². The van der Waals surface area contributed by atoms with Crippen molar-refractivity contribution < 1.29 is 9.31 Å². The third kappa shape index (κ3) is 2.75. The van der Waals surface area contributed by atoms with E-state index in [4.69, 9.17) is 17.3 Å². The number of nitrogens with one attached hydrogen (secondary N) is 1. The minimum atomic E-state index is -0.667. The third-order valence-corrected chi connectivity index (χ3v) is 2.67. The van der Waals surface area contributed by atoms with Crippen LogP contribution in [0.1, 0.15) is 5.69 Å². The van der Waals surface area contributed by atoms with E-state index in [0.29, 0.717) is 0 Å². The Labute approximate surface area is 117 Å². The molecule has 1 aromatic heterocycles. The number of nitrogens with zero attached hydrogens (tertiary/aromatic N) is 3. The number of aryl methyl sites for hydroxylation is 1. The summed E-state index contributed by atoms with van der Waals surface area (Å²) in [6.07, 6.45) is 0. The molecule has 1 heterocycles. The smallest absolute Gasteiger partial charge is 0.332 e. The predicted molar refractivity (Wildman–Crippen MR) is 72.5 cm³/mol. The SMILES string of the molecule is Cc1nc(N)nc(Nc2cc(Cl)ccc2F)c1[N+](=O)[O-]. The number of nitro groups is 1. The van der Waals surface area contributed by atoms with Crippen LogP contribution in [0.2, 0.25) is 5.02 Å². The molecule has 0 aliphatic rings. The van der Waals surface area contributed by atoms with Gasteiger partial charge in [-0.3, -0.25) is 10.1 Å². The van der Waals surface area contributed by atoms with Gasteiger partial charge in [-0.1, -0.05) is 11.6 Å². The second-order valence-electron chi connectivity index (χ2n) is 3.87. The summed E-state index contributed by atoms with van der Waals surface area (Å²) in [6.45, 7) is 1.41. The Kier molecular flexibility index (Phi) is 3.66. The lowest BCUT2D eigenvalue weighted by atomic mass is 10.3. The lowest BCUT2D eigenvalue weighted by Gasteiger charge is -2.09. The normalized spacial score (nSPS) is 10.3. The van der Waals surface area contributed by atoms with Gasteiger partial charge < -0.3 is 11.1 Å². The number of hydrogen-bond acceptors (Lipinski definition) is 6. The molecular weight excluding hydrogens is 289 g/mol. The van der Waals surface area contributed by atoms with Crippen molar-refractivity contribution in [1.82, 2.24) is 9.97 Å². The van der Waals surface area contributed by atoms with Crippen LogP contribution in [0.15, 0.2) is 18.2 Å². The largest absolute Gasteiger partial charge is 0.368 e. The molecule has 0 amide bonds. The molecular formula is C11H9ClFN5O2. The maximum absolute atomic E-state index is 13.6. The van der Waals surface area contributed by atoms with Gasteiger partial charge in [0.15, 0.2) is 0 Å². The molecule has 0 bridgehead atoms. The molecule has 1 aromatic carbocycles. The first-order valence-electron chi connectivity index (χ1n) is 5.39. The van der Waals surface area contributed by atoms with Crippen molar-refractivity contribution in [2.24, 2.45) is 0 Å². The molecule has 0 aliphatic carbocycles. The summed E-state index contributed by atoms with van der Waals surface area (Å²) in [5, 5.41) is 13.8. The number of nitrogens with two attached hydrogens (primary N) is 1. The monoisotopic (exact) mass is 297 g/mol. The van der Waals surface area contributed by atoms with E-state index in [2.05, 4.69) is 15.3 Å². The Bertz CT molecular complexity index is 695. The van der Waals surface area contributed by atoms with E-state index in [-0.39, 0.29) is 33.9 Å². The zero-order chi connectivity index (χ0) is 14.9. The molecule has 0 saturated heterocycles. The Morgan fingerprint density at radius 3 is 2.80 bits per heavy atom. The first kappa shape index (κ1) is 13.9. The van der Waals surface area contributed by atoms with Crippen molar-refractivity contribution in [3.63, 3.8) is 0 Å². The Hall–Kier alpha value is -2.48. The molecule has 0 radical (unpaired) electrons. The van der Waals surface area contributed by atoms with Crippen molar-refractivity contribution >= 4 is 34.7 Å². The molecule has 20 heavy (non-hydrogen) atoms. The van der Waals surface area contributed by atoms with Crippen LogP contribution >= 0.6 is 11.6 Å². The third-order valence-electron chi connectivity index (χ3n) is 2.44. The topological polar surface area (TPSA) is 107 Å². The molecule has 0 atom stereocenters. The van der Waals surface area contributed by atoms with E-state index in [1.54, 1.807) is 0 Å². The van der Waals surface area contributed by atoms with Crippen LogP contribution in [0.4, 0.5) is 27.5 Å². The molecule has 2 aromatic rings. The molecule has 7 nitrogen and oxygen atoms in total.